The van der Waals surface area contributed by atoms with Crippen molar-refractivity contribution in [2.45, 2.75) is 19.3 Å². The Morgan fingerprint density at radius 3 is 2.39 bits per heavy atom. The molecule has 0 spiro atoms. The lowest BCUT2D eigenvalue weighted by atomic mass is 9.76. The first-order valence-corrected chi connectivity index (χ1v) is 12.9. The minimum Gasteiger partial charge on any atom is -0.264 e. The molecule has 1 heterocycles. The van der Waals surface area contributed by atoms with E-state index in [0.717, 1.165) is 24.8 Å². The first-order chi connectivity index (χ1) is 17.9. The summed E-state index contributed by atoms with van der Waals surface area (Å²) in [5.74, 6) is 0.475. The van der Waals surface area contributed by atoms with Crippen molar-refractivity contribution in [1.29, 1.82) is 0 Å². The molecule has 1 aromatic heterocycles. The van der Waals surface area contributed by atoms with Crippen LogP contribution in [-0.4, -0.2) is 4.98 Å². The van der Waals surface area contributed by atoms with Crippen molar-refractivity contribution in [3.05, 3.63) is 138 Å². The van der Waals surface area contributed by atoms with E-state index in [4.69, 9.17) is 0 Å². The van der Waals surface area contributed by atoms with Gasteiger partial charge in [0, 0.05) is 18.3 Å². The Bertz CT molecular complexity index is 1630. The standard InChI is InChI=1S/C35H27N/c1-2-9-27-22-28(20-17-24(27)8-1)35-32-13-5-3-11-30(32)34(31-12-4-6-14-33(31)35)26-18-15-25(16-19-26)29-10-7-21-36-23-29/h1-5,7-13,15-21,23,27H,6,14,22H2. The molecule has 7 rings (SSSR count). The molecule has 1 heteroatoms. The van der Waals surface area contributed by atoms with Gasteiger partial charge in [0.05, 0.1) is 0 Å². The molecule has 0 amide bonds. The number of pyridine rings is 1. The topological polar surface area (TPSA) is 12.9 Å². The highest BCUT2D eigenvalue weighted by Gasteiger charge is 2.25. The van der Waals surface area contributed by atoms with Crippen molar-refractivity contribution in [2.75, 3.05) is 0 Å². The molecule has 1 atom stereocenters. The smallest absolute Gasteiger partial charge is 0.0346 e. The molecule has 3 aliphatic carbocycles. The molecule has 0 radical (unpaired) electrons. The third-order valence-electron chi connectivity index (χ3n) is 7.79. The van der Waals surface area contributed by atoms with Crippen LogP contribution in [0.3, 0.4) is 0 Å². The number of benzene rings is 3. The molecular weight excluding hydrogens is 434 g/mol. The van der Waals surface area contributed by atoms with Gasteiger partial charge in [-0.05, 0) is 86.2 Å². The summed E-state index contributed by atoms with van der Waals surface area (Å²) in [5.41, 5.74) is 12.2. The van der Waals surface area contributed by atoms with Crippen LogP contribution in [0.2, 0.25) is 0 Å². The van der Waals surface area contributed by atoms with Gasteiger partial charge in [-0.15, -0.1) is 0 Å². The minimum absolute atomic E-state index is 0.475. The molecular formula is C35H27N. The molecule has 1 unspecified atom stereocenters. The fourth-order valence-electron chi connectivity index (χ4n) is 6.08. The van der Waals surface area contributed by atoms with E-state index >= 15 is 0 Å². The summed E-state index contributed by atoms with van der Waals surface area (Å²) in [4.78, 5) is 4.29. The van der Waals surface area contributed by atoms with Crippen LogP contribution in [0.25, 0.3) is 44.7 Å². The Kier molecular flexibility index (Phi) is 5.14. The molecule has 0 N–H and O–H groups in total. The molecule has 0 bridgehead atoms. The predicted octanol–water partition coefficient (Wildman–Crippen LogP) is 8.98. The van der Waals surface area contributed by atoms with Crippen LogP contribution in [0.5, 0.6) is 0 Å². The number of fused-ring (bicyclic) bond motifs is 3. The Morgan fingerprint density at radius 2 is 1.56 bits per heavy atom. The fourth-order valence-corrected chi connectivity index (χ4v) is 6.08. The maximum Gasteiger partial charge on any atom is 0.0346 e. The Labute approximate surface area is 212 Å². The number of hydrogen-bond donors (Lipinski definition) is 0. The van der Waals surface area contributed by atoms with Gasteiger partial charge in [-0.25, -0.2) is 0 Å². The second kappa shape index (κ2) is 8.77. The molecule has 1 nitrogen and oxygen atoms in total. The molecule has 3 aromatic carbocycles. The summed E-state index contributed by atoms with van der Waals surface area (Å²) in [6.45, 7) is 0. The minimum atomic E-state index is 0.475. The maximum absolute atomic E-state index is 4.29. The monoisotopic (exact) mass is 461 g/mol. The third kappa shape index (κ3) is 3.51. The Morgan fingerprint density at radius 1 is 0.722 bits per heavy atom. The van der Waals surface area contributed by atoms with Gasteiger partial charge in [-0.1, -0.05) is 103 Å². The normalized spacial score (nSPS) is 17.9. The lowest BCUT2D eigenvalue weighted by Crippen LogP contribution is -2.10. The summed E-state index contributed by atoms with van der Waals surface area (Å²) in [5, 5.41) is 2.71. The molecule has 0 fully saturated rings. The van der Waals surface area contributed by atoms with Gasteiger partial charge < -0.3 is 0 Å². The van der Waals surface area contributed by atoms with Crippen molar-refractivity contribution in [3.63, 3.8) is 0 Å². The largest absolute Gasteiger partial charge is 0.264 e. The number of rotatable bonds is 3. The second-order valence-corrected chi connectivity index (χ2v) is 9.86. The lowest BCUT2D eigenvalue weighted by molar-refractivity contribution is 0.791. The van der Waals surface area contributed by atoms with Gasteiger partial charge >= 0.3 is 0 Å². The zero-order chi connectivity index (χ0) is 23.9. The molecule has 172 valence electrons. The van der Waals surface area contributed by atoms with Crippen LogP contribution in [0.15, 0.2) is 121 Å². The van der Waals surface area contributed by atoms with E-state index in [1.54, 1.807) is 0 Å². The maximum atomic E-state index is 4.29. The van der Waals surface area contributed by atoms with Crippen molar-refractivity contribution in [2.24, 2.45) is 5.92 Å². The first kappa shape index (κ1) is 21.1. The average Bonchev–Trinajstić information content (AvgIpc) is 2.96. The van der Waals surface area contributed by atoms with Crippen molar-refractivity contribution >= 4 is 22.4 Å². The zero-order valence-electron chi connectivity index (χ0n) is 20.2. The molecule has 0 saturated carbocycles. The highest BCUT2D eigenvalue weighted by Crippen LogP contribution is 2.45. The number of aromatic nitrogens is 1. The summed E-state index contributed by atoms with van der Waals surface area (Å²) >= 11 is 0. The average molecular weight is 462 g/mol. The number of hydrogen-bond acceptors (Lipinski definition) is 1. The van der Waals surface area contributed by atoms with E-state index in [-0.39, 0.29) is 0 Å². The fraction of sp³-hybridized carbons (Fsp3) is 0.114. The third-order valence-corrected chi connectivity index (χ3v) is 7.79. The molecule has 0 saturated heterocycles. The quantitative estimate of drug-likeness (QED) is 0.297. The van der Waals surface area contributed by atoms with Crippen molar-refractivity contribution in [3.8, 4) is 22.3 Å². The van der Waals surface area contributed by atoms with Crippen molar-refractivity contribution in [1.82, 2.24) is 4.98 Å². The summed E-state index contributed by atoms with van der Waals surface area (Å²) in [7, 11) is 0. The summed E-state index contributed by atoms with van der Waals surface area (Å²) < 4.78 is 0. The van der Waals surface area contributed by atoms with Crippen LogP contribution in [0.1, 0.15) is 29.5 Å². The molecule has 3 aliphatic rings. The predicted molar refractivity (Wildman–Crippen MR) is 152 cm³/mol. The van der Waals surface area contributed by atoms with E-state index < -0.39 is 0 Å². The SMILES string of the molecule is C1=CC2=CC=C(c3c4c(c(-c5ccc(-c6cccnc6)cc5)c5ccccc35)C=CCC4)CC2C=C1. The second-order valence-electron chi connectivity index (χ2n) is 9.86. The highest BCUT2D eigenvalue weighted by molar-refractivity contribution is 6.08. The van der Waals surface area contributed by atoms with E-state index in [1.807, 2.05) is 18.5 Å². The van der Waals surface area contributed by atoms with Gasteiger partial charge in [0.2, 0.25) is 0 Å². The highest BCUT2D eigenvalue weighted by atomic mass is 14.6. The molecule has 36 heavy (non-hydrogen) atoms. The molecule has 0 aliphatic heterocycles. The Hall–Kier alpha value is -4.23. The van der Waals surface area contributed by atoms with E-state index in [2.05, 4.69) is 108 Å². The summed E-state index contributed by atoms with van der Waals surface area (Å²) in [6.07, 6.45) is 25.4. The van der Waals surface area contributed by atoms with Gasteiger partial charge in [0.25, 0.3) is 0 Å². The van der Waals surface area contributed by atoms with Gasteiger partial charge in [0.15, 0.2) is 0 Å². The number of nitrogens with zero attached hydrogens (tertiary/aromatic N) is 1. The van der Waals surface area contributed by atoms with Crippen molar-refractivity contribution < 1.29 is 0 Å². The van der Waals surface area contributed by atoms with E-state index in [9.17, 15) is 0 Å². The van der Waals surface area contributed by atoms with Crippen LogP contribution in [-0.2, 0) is 6.42 Å². The Balaban J connectivity index is 1.43. The van der Waals surface area contributed by atoms with Crippen LogP contribution in [0.4, 0.5) is 0 Å². The van der Waals surface area contributed by atoms with Gasteiger partial charge in [-0.3, -0.25) is 4.98 Å². The van der Waals surface area contributed by atoms with Crippen LogP contribution < -0.4 is 0 Å². The zero-order valence-corrected chi connectivity index (χ0v) is 20.2. The molecule has 4 aromatic rings. The summed E-state index contributed by atoms with van der Waals surface area (Å²) in [6, 6.07) is 22.1. The first-order valence-electron chi connectivity index (χ1n) is 12.9. The van der Waals surface area contributed by atoms with Gasteiger partial charge in [-0.2, -0.15) is 0 Å². The number of allylic oxidation sites excluding steroid dienone is 9. The van der Waals surface area contributed by atoms with E-state index in [1.165, 1.54) is 55.3 Å². The van der Waals surface area contributed by atoms with Crippen LogP contribution in [0, 0.1) is 5.92 Å². The lowest BCUT2D eigenvalue weighted by Gasteiger charge is -2.28. The van der Waals surface area contributed by atoms with E-state index in [0.29, 0.717) is 5.92 Å². The van der Waals surface area contributed by atoms with Crippen LogP contribution >= 0.6 is 0 Å². The van der Waals surface area contributed by atoms with Gasteiger partial charge in [0.1, 0.15) is 0 Å².